The van der Waals surface area contributed by atoms with Crippen LogP contribution in [-0.4, -0.2) is 16.8 Å². The summed E-state index contributed by atoms with van der Waals surface area (Å²) in [4.78, 5) is 26.8. The molecular formula is C13H8N2O2. The quantitative estimate of drug-likeness (QED) is 0.742. The van der Waals surface area contributed by atoms with Crippen molar-refractivity contribution in [3.8, 4) is 0 Å². The number of hydrogen-bond acceptors (Lipinski definition) is 3. The van der Waals surface area contributed by atoms with E-state index in [4.69, 9.17) is 0 Å². The molecule has 1 aromatic carbocycles. The number of benzene rings is 1. The molecule has 1 N–H and O–H groups in total. The third-order valence-corrected chi connectivity index (χ3v) is 2.73. The average Bonchev–Trinajstić information content (AvgIpc) is 2.68. The van der Waals surface area contributed by atoms with Gasteiger partial charge >= 0.3 is 0 Å². The minimum Gasteiger partial charge on any atom is -0.289 e. The largest absolute Gasteiger partial charge is 0.289 e. The number of carbonyl (C=O) groups is 2. The molecule has 2 aromatic rings. The Morgan fingerprint density at radius 3 is 2.76 bits per heavy atom. The number of rotatable bonds is 1. The van der Waals surface area contributed by atoms with Crippen molar-refractivity contribution in [1.29, 1.82) is 0 Å². The summed E-state index contributed by atoms with van der Waals surface area (Å²) in [5.74, 6) is -0.725. The lowest BCUT2D eigenvalue weighted by Gasteiger charge is -2.04. The van der Waals surface area contributed by atoms with Crippen molar-refractivity contribution in [3.63, 3.8) is 0 Å². The summed E-state index contributed by atoms with van der Waals surface area (Å²) in [6, 6.07) is 7.48. The Morgan fingerprint density at radius 1 is 1.12 bits per heavy atom. The van der Waals surface area contributed by atoms with Gasteiger partial charge in [0.2, 0.25) is 0 Å². The van der Waals surface area contributed by atoms with Crippen molar-refractivity contribution in [1.82, 2.24) is 10.3 Å². The van der Waals surface area contributed by atoms with E-state index in [1.807, 2.05) is 24.3 Å². The molecule has 4 heteroatoms. The van der Waals surface area contributed by atoms with Crippen molar-refractivity contribution < 1.29 is 9.59 Å². The van der Waals surface area contributed by atoms with E-state index in [2.05, 4.69) is 10.3 Å². The number of fused-ring (bicyclic) bond motifs is 1. The number of amides is 2. The van der Waals surface area contributed by atoms with E-state index in [1.54, 1.807) is 12.4 Å². The van der Waals surface area contributed by atoms with Gasteiger partial charge in [0.1, 0.15) is 0 Å². The van der Waals surface area contributed by atoms with Crippen LogP contribution in [0.3, 0.4) is 0 Å². The van der Waals surface area contributed by atoms with Crippen molar-refractivity contribution in [3.05, 3.63) is 48.3 Å². The number of nitrogens with one attached hydrogen (secondary N) is 1. The van der Waals surface area contributed by atoms with E-state index in [9.17, 15) is 9.59 Å². The lowest BCUT2D eigenvalue weighted by Crippen LogP contribution is -2.21. The van der Waals surface area contributed by atoms with Crippen LogP contribution >= 0.6 is 0 Å². The van der Waals surface area contributed by atoms with E-state index in [-0.39, 0.29) is 11.8 Å². The monoisotopic (exact) mass is 224 g/mol. The Labute approximate surface area is 97.0 Å². The summed E-state index contributed by atoms with van der Waals surface area (Å²) in [5, 5.41) is 4.10. The molecule has 0 radical (unpaired) electrons. The molecule has 0 unspecified atom stereocenters. The van der Waals surface area contributed by atoms with Gasteiger partial charge < -0.3 is 0 Å². The molecule has 2 heterocycles. The fourth-order valence-corrected chi connectivity index (χ4v) is 1.96. The normalized spacial score (nSPS) is 14.9. The molecule has 82 valence electrons. The maximum Gasteiger partial charge on any atom is 0.258 e. The fourth-order valence-electron chi connectivity index (χ4n) is 1.96. The highest BCUT2D eigenvalue weighted by atomic mass is 16.2. The van der Waals surface area contributed by atoms with Gasteiger partial charge in [-0.15, -0.1) is 0 Å². The van der Waals surface area contributed by atoms with Gasteiger partial charge in [-0.3, -0.25) is 19.9 Å². The molecule has 17 heavy (non-hydrogen) atoms. The zero-order valence-electron chi connectivity index (χ0n) is 8.81. The molecule has 0 atom stereocenters. The van der Waals surface area contributed by atoms with Crippen LogP contribution in [0.4, 0.5) is 0 Å². The standard InChI is InChI=1S/C13H8N2O2/c16-12-6-10(13(17)15-12)9-3-1-2-8-4-5-14-7-11(8)9/h1-7H,(H,15,16,17). The van der Waals surface area contributed by atoms with Crippen molar-refractivity contribution in [2.24, 2.45) is 0 Å². The summed E-state index contributed by atoms with van der Waals surface area (Å²) in [7, 11) is 0. The van der Waals surface area contributed by atoms with E-state index in [0.29, 0.717) is 5.57 Å². The summed E-state index contributed by atoms with van der Waals surface area (Å²) in [5.41, 5.74) is 1.13. The fraction of sp³-hybridized carbons (Fsp3) is 0. The van der Waals surface area contributed by atoms with Gasteiger partial charge in [-0.25, -0.2) is 0 Å². The molecule has 0 saturated carbocycles. The zero-order chi connectivity index (χ0) is 11.8. The summed E-state index contributed by atoms with van der Waals surface area (Å²) >= 11 is 0. The summed E-state index contributed by atoms with van der Waals surface area (Å²) in [6.45, 7) is 0. The van der Waals surface area contributed by atoms with E-state index >= 15 is 0 Å². The predicted molar refractivity (Wildman–Crippen MR) is 62.9 cm³/mol. The first kappa shape index (κ1) is 9.72. The van der Waals surface area contributed by atoms with Crippen LogP contribution in [0.2, 0.25) is 0 Å². The SMILES string of the molecule is O=C1C=C(c2cccc3ccncc23)C(=O)N1. The second kappa shape index (κ2) is 3.52. The average molecular weight is 224 g/mol. The van der Waals surface area contributed by atoms with Crippen LogP contribution < -0.4 is 5.32 Å². The topological polar surface area (TPSA) is 59.1 Å². The molecule has 2 amide bonds. The Bertz CT molecular complexity index is 669. The number of pyridine rings is 1. The molecular weight excluding hydrogens is 216 g/mol. The van der Waals surface area contributed by atoms with Crippen molar-refractivity contribution in [2.45, 2.75) is 0 Å². The Morgan fingerprint density at radius 2 is 2.00 bits per heavy atom. The van der Waals surface area contributed by atoms with Crippen LogP contribution in [0.25, 0.3) is 16.3 Å². The number of aromatic nitrogens is 1. The van der Waals surface area contributed by atoms with Crippen molar-refractivity contribution >= 4 is 28.2 Å². The number of nitrogens with zero attached hydrogens (tertiary/aromatic N) is 1. The van der Waals surface area contributed by atoms with Gasteiger partial charge in [0.05, 0.1) is 5.57 Å². The maximum absolute atomic E-state index is 11.6. The first-order valence-corrected chi connectivity index (χ1v) is 5.16. The van der Waals surface area contributed by atoms with Crippen LogP contribution in [0.1, 0.15) is 5.56 Å². The predicted octanol–water partition coefficient (Wildman–Crippen LogP) is 1.27. The summed E-state index contributed by atoms with van der Waals surface area (Å²) in [6.07, 6.45) is 4.71. The smallest absolute Gasteiger partial charge is 0.258 e. The highest BCUT2D eigenvalue weighted by Crippen LogP contribution is 2.26. The Balaban J connectivity index is 2.28. The van der Waals surface area contributed by atoms with Gasteiger partial charge in [-0.1, -0.05) is 18.2 Å². The minimum absolute atomic E-state index is 0.355. The van der Waals surface area contributed by atoms with Gasteiger partial charge in [-0.05, 0) is 17.0 Å². The molecule has 1 aliphatic rings. The van der Waals surface area contributed by atoms with Gasteiger partial charge in [0.25, 0.3) is 11.8 Å². The third kappa shape index (κ3) is 1.50. The highest BCUT2D eigenvalue weighted by Gasteiger charge is 2.23. The second-order valence-corrected chi connectivity index (χ2v) is 3.78. The lowest BCUT2D eigenvalue weighted by atomic mass is 10.00. The van der Waals surface area contributed by atoms with Crippen LogP contribution in [0, 0.1) is 0 Å². The van der Waals surface area contributed by atoms with E-state index in [0.717, 1.165) is 16.3 Å². The van der Waals surface area contributed by atoms with E-state index < -0.39 is 0 Å². The zero-order valence-corrected chi connectivity index (χ0v) is 8.81. The molecule has 0 fully saturated rings. The van der Waals surface area contributed by atoms with Crippen LogP contribution in [0.15, 0.2) is 42.7 Å². The Hall–Kier alpha value is -2.49. The minimum atomic E-state index is -0.370. The molecule has 0 aliphatic carbocycles. The first-order valence-electron chi connectivity index (χ1n) is 5.16. The molecule has 0 bridgehead atoms. The number of carbonyl (C=O) groups excluding carboxylic acids is 2. The molecule has 1 aliphatic heterocycles. The van der Waals surface area contributed by atoms with E-state index in [1.165, 1.54) is 6.08 Å². The Kier molecular flexibility index (Phi) is 2.01. The van der Waals surface area contributed by atoms with Crippen LogP contribution in [0.5, 0.6) is 0 Å². The lowest BCUT2D eigenvalue weighted by molar-refractivity contribution is -0.123. The molecule has 0 saturated heterocycles. The first-order chi connectivity index (χ1) is 8.25. The van der Waals surface area contributed by atoms with Crippen molar-refractivity contribution in [2.75, 3.05) is 0 Å². The van der Waals surface area contributed by atoms with Gasteiger partial charge in [-0.2, -0.15) is 0 Å². The van der Waals surface area contributed by atoms with Crippen LogP contribution in [-0.2, 0) is 9.59 Å². The molecule has 0 spiro atoms. The molecule has 1 aromatic heterocycles. The third-order valence-electron chi connectivity index (χ3n) is 2.73. The van der Waals surface area contributed by atoms with Gasteiger partial charge in [0.15, 0.2) is 0 Å². The highest BCUT2D eigenvalue weighted by molar-refractivity contribution is 6.35. The second-order valence-electron chi connectivity index (χ2n) is 3.78. The maximum atomic E-state index is 11.6. The molecule has 4 nitrogen and oxygen atoms in total. The number of imide groups is 1. The molecule has 3 rings (SSSR count). The summed E-state index contributed by atoms with van der Waals surface area (Å²) < 4.78 is 0. The number of hydrogen-bond donors (Lipinski definition) is 1. The van der Waals surface area contributed by atoms with Gasteiger partial charge in [0, 0.05) is 23.9 Å².